The maximum absolute atomic E-state index is 5.59. The summed E-state index contributed by atoms with van der Waals surface area (Å²) in [5.41, 5.74) is 2.78. The van der Waals surface area contributed by atoms with E-state index in [1.165, 1.54) is 0 Å². The standard InChI is InChI=1S/C10H15N3OS/c1-7-12-6-9(15-7)10(13-11)8-4-2-3-5-14-8/h4,6,10,13H,2-3,5,11H2,1H3. The van der Waals surface area contributed by atoms with Crippen LogP contribution in [0.1, 0.15) is 28.8 Å². The average molecular weight is 225 g/mol. The molecule has 1 aliphatic rings. The van der Waals surface area contributed by atoms with E-state index in [0.717, 1.165) is 35.1 Å². The van der Waals surface area contributed by atoms with Gasteiger partial charge in [0.15, 0.2) is 0 Å². The summed E-state index contributed by atoms with van der Waals surface area (Å²) in [7, 11) is 0. The molecule has 1 aliphatic heterocycles. The summed E-state index contributed by atoms with van der Waals surface area (Å²) < 4.78 is 5.59. The molecule has 1 aromatic rings. The minimum Gasteiger partial charge on any atom is -0.496 e. The minimum atomic E-state index is -0.0449. The van der Waals surface area contributed by atoms with Gasteiger partial charge >= 0.3 is 0 Å². The van der Waals surface area contributed by atoms with Crippen molar-refractivity contribution in [2.45, 2.75) is 25.8 Å². The summed E-state index contributed by atoms with van der Waals surface area (Å²) in [6, 6.07) is -0.0449. The first-order valence-electron chi connectivity index (χ1n) is 5.02. The molecule has 0 saturated carbocycles. The molecule has 0 aromatic carbocycles. The van der Waals surface area contributed by atoms with Crippen LogP contribution in [0, 0.1) is 6.92 Å². The first kappa shape index (κ1) is 10.6. The van der Waals surface area contributed by atoms with Gasteiger partial charge in [0.1, 0.15) is 11.8 Å². The number of allylic oxidation sites excluding steroid dienone is 1. The van der Waals surface area contributed by atoms with Crippen LogP contribution in [0.15, 0.2) is 18.0 Å². The second kappa shape index (κ2) is 4.74. The number of hydrogen-bond acceptors (Lipinski definition) is 5. The molecule has 82 valence electrons. The Bertz CT molecular complexity index is 361. The Morgan fingerprint density at radius 2 is 2.53 bits per heavy atom. The molecular weight excluding hydrogens is 210 g/mol. The first-order chi connectivity index (χ1) is 7.31. The molecule has 1 aromatic heterocycles. The zero-order valence-corrected chi connectivity index (χ0v) is 9.51. The summed E-state index contributed by atoms with van der Waals surface area (Å²) in [5, 5.41) is 1.04. The lowest BCUT2D eigenvalue weighted by Gasteiger charge is -2.21. The Labute approximate surface area is 93.1 Å². The molecule has 3 N–H and O–H groups in total. The number of thiazole rings is 1. The molecule has 0 aliphatic carbocycles. The van der Waals surface area contributed by atoms with Crippen molar-refractivity contribution in [1.29, 1.82) is 0 Å². The second-order valence-electron chi connectivity index (χ2n) is 3.48. The maximum atomic E-state index is 5.59. The molecule has 5 heteroatoms. The van der Waals surface area contributed by atoms with Gasteiger partial charge in [0.2, 0.25) is 0 Å². The van der Waals surface area contributed by atoms with Gasteiger partial charge in [-0.2, -0.15) is 0 Å². The third-order valence-corrected chi connectivity index (χ3v) is 3.32. The van der Waals surface area contributed by atoms with Crippen molar-refractivity contribution in [1.82, 2.24) is 10.4 Å². The van der Waals surface area contributed by atoms with Crippen molar-refractivity contribution in [3.05, 3.63) is 27.9 Å². The zero-order valence-electron chi connectivity index (χ0n) is 8.69. The molecule has 0 amide bonds. The highest BCUT2D eigenvalue weighted by Crippen LogP contribution is 2.28. The van der Waals surface area contributed by atoms with Crippen LogP contribution in [-0.4, -0.2) is 11.6 Å². The normalized spacial score (nSPS) is 18.1. The lowest BCUT2D eigenvalue weighted by atomic mass is 10.1. The van der Waals surface area contributed by atoms with E-state index in [1.807, 2.05) is 13.1 Å². The predicted molar refractivity (Wildman–Crippen MR) is 60.2 cm³/mol. The quantitative estimate of drug-likeness (QED) is 0.606. The van der Waals surface area contributed by atoms with Gasteiger partial charge in [-0.15, -0.1) is 11.3 Å². The molecule has 1 atom stereocenters. The van der Waals surface area contributed by atoms with Crippen LogP contribution >= 0.6 is 11.3 Å². The number of rotatable bonds is 3. The van der Waals surface area contributed by atoms with Gasteiger partial charge in [0.25, 0.3) is 0 Å². The molecular formula is C10H15N3OS. The van der Waals surface area contributed by atoms with Gasteiger partial charge in [0.05, 0.1) is 16.5 Å². The Hall–Kier alpha value is -0.910. The maximum Gasteiger partial charge on any atom is 0.116 e. The largest absolute Gasteiger partial charge is 0.496 e. The van der Waals surface area contributed by atoms with Crippen LogP contribution in [0.25, 0.3) is 0 Å². The third-order valence-electron chi connectivity index (χ3n) is 2.34. The average Bonchev–Trinajstić information content (AvgIpc) is 2.68. The van der Waals surface area contributed by atoms with Gasteiger partial charge in [-0.05, 0) is 25.8 Å². The van der Waals surface area contributed by atoms with Crippen LogP contribution in [-0.2, 0) is 4.74 Å². The highest BCUT2D eigenvalue weighted by atomic mass is 32.1. The predicted octanol–water partition coefficient (Wildman–Crippen LogP) is 1.65. The van der Waals surface area contributed by atoms with Crippen molar-refractivity contribution in [2.75, 3.05) is 6.61 Å². The SMILES string of the molecule is Cc1ncc(C(NN)C2=CCCCO2)s1. The van der Waals surface area contributed by atoms with E-state index in [9.17, 15) is 0 Å². The van der Waals surface area contributed by atoms with Crippen LogP contribution in [0.5, 0.6) is 0 Å². The number of nitrogens with two attached hydrogens (primary N) is 1. The lowest BCUT2D eigenvalue weighted by Crippen LogP contribution is -2.30. The van der Waals surface area contributed by atoms with E-state index < -0.39 is 0 Å². The monoisotopic (exact) mass is 225 g/mol. The van der Waals surface area contributed by atoms with Crippen LogP contribution in [0.4, 0.5) is 0 Å². The fourth-order valence-corrected chi connectivity index (χ4v) is 2.45. The number of nitrogens with zero attached hydrogens (tertiary/aromatic N) is 1. The minimum absolute atomic E-state index is 0.0449. The molecule has 0 bridgehead atoms. The number of hydrogen-bond donors (Lipinski definition) is 2. The van der Waals surface area contributed by atoms with Crippen LogP contribution in [0.2, 0.25) is 0 Å². The Morgan fingerprint density at radius 1 is 1.67 bits per heavy atom. The van der Waals surface area contributed by atoms with Crippen molar-refractivity contribution < 1.29 is 4.74 Å². The molecule has 0 fully saturated rings. The molecule has 2 heterocycles. The van der Waals surface area contributed by atoms with E-state index >= 15 is 0 Å². The van der Waals surface area contributed by atoms with Gasteiger partial charge in [-0.1, -0.05) is 0 Å². The summed E-state index contributed by atoms with van der Waals surface area (Å²) in [6.45, 7) is 2.76. The molecule has 0 saturated heterocycles. The zero-order chi connectivity index (χ0) is 10.7. The first-order valence-corrected chi connectivity index (χ1v) is 5.84. The Morgan fingerprint density at radius 3 is 3.07 bits per heavy atom. The topological polar surface area (TPSA) is 60.2 Å². The number of hydrazine groups is 1. The number of aromatic nitrogens is 1. The summed E-state index contributed by atoms with van der Waals surface area (Å²) in [6.07, 6.45) is 6.10. The van der Waals surface area contributed by atoms with E-state index in [1.54, 1.807) is 11.3 Å². The summed E-state index contributed by atoms with van der Waals surface area (Å²) >= 11 is 1.64. The number of aryl methyl sites for hydroxylation is 1. The lowest BCUT2D eigenvalue weighted by molar-refractivity contribution is 0.168. The molecule has 2 rings (SSSR count). The molecule has 15 heavy (non-hydrogen) atoms. The molecule has 0 radical (unpaired) electrons. The fraction of sp³-hybridized carbons (Fsp3) is 0.500. The summed E-state index contributed by atoms with van der Waals surface area (Å²) in [5.74, 6) is 6.48. The van der Waals surface area contributed by atoms with Crippen molar-refractivity contribution in [2.24, 2.45) is 5.84 Å². The summed E-state index contributed by atoms with van der Waals surface area (Å²) in [4.78, 5) is 5.32. The van der Waals surface area contributed by atoms with Gasteiger partial charge in [-0.25, -0.2) is 10.4 Å². The van der Waals surface area contributed by atoms with Crippen LogP contribution in [0.3, 0.4) is 0 Å². The van der Waals surface area contributed by atoms with Crippen molar-refractivity contribution in [3.8, 4) is 0 Å². The van der Waals surface area contributed by atoms with Gasteiger partial charge < -0.3 is 4.74 Å². The fourth-order valence-electron chi connectivity index (χ4n) is 1.59. The van der Waals surface area contributed by atoms with Gasteiger partial charge in [-0.3, -0.25) is 5.84 Å². The molecule has 0 spiro atoms. The van der Waals surface area contributed by atoms with E-state index in [4.69, 9.17) is 10.6 Å². The van der Waals surface area contributed by atoms with Crippen molar-refractivity contribution in [3.63, 3.8) is 0 Å². The Kier molecular flexibility index (Phi) is 3.35. The third kappa shape index (κ3) is 2.37. The smallest absolute Gasteiger partial charge is 0.116 e. The highest BCUT2D eigenvalue weighted by Gasteiger charge is 2.20. The van der Waals surface area contributed by atoms with E-state index in [0.29, 0.717) is 0 Å². The number of ether oxygens (including phenoxy) is 1. The van der Waals surface area contributed by atoms with Gasteiger partial charge in [0, 0.05) is 6.20 Å². The second-order valence-corrected chi connectivity index (χ2v) is 4.74. The number of nitrogens with one attached hydrogen (secondary N) is 1. The van der Waals surface area contributed by atoms with E-state index in [-0.39, 0.29) is 6.04 Å². The van der Waals surface area contributed by atoms with Crippen LogP contribution < -0.4 is 11.3 Å². The molecule has 4 nitrogen and oxygen atoms in total. The molecule has 1 unspecified atom stereocenters. The van der Waals surface area contributed by atoms with E-state index in [2.05, 4.69) is 16.5 Å². The van der Waals surface area contributed by atoms with Crippen molar-refractivity contribution >= 4 is 11.3 Å². The highest BCUT2D eigenvalue weighted by molar-refractivity contribution is 7.11. The Balaban J connectivity index is 2.19.